The summed E-state index contributed by atoms with van der Waals surface area (Å²) in [4.78, 5) is 10.9. The number of nitrogens with zero attached hydrogens (tertiary/aromatic N) is 3. The minimum atomic E-state index is 0.918. The lowest BCUT2D eigenvalue weighted by Crippen LogP contribution is -2.19. The third-order valence-corrected chi connectivity index (χ3v) is 3.09. The van der Waals surface area contributed by atoms with Crippen molar-refractivity contribution in [2.24, 2.45) is 0 Å². The number of nitrogens with one attached hydrogen (secondary N) is 1. The molecule has 0 bridgehead atoms. The minimum Gasteiger partial charge on any atom is -0.370 e. The van der Waals surface area contributed by atoms with Gasteiger partial charge in [-0.15, -0.1) is 0 Å². The Bertz CT molecular complexity index is 404. The smallest absolute Gasteiger partial charge is 0.134 e. The minimum absolute atomic E-state index is 0.918. The number of anilines is 2. The fraction of sp³-hybridized carbons (Fsp3) is 0.571. The lowest BCUT2D eigenvalue weighted by atomic mass is 10.3. The van der Waals surface area contributed by atoms with E-state index in [1.54, 1.807) is 6.33 Å². The number of allylic oxidation sites excluding steroid dienone is 1. The monoisotopic (exact) mass is 246 g/mol. The fourth-order valence-electron chi connectivity index (χ4n) is 2.12. The van der Waals surface area contributed by atoms with Crippen molar-refractivity contribution < 1.29 is 0 Å². The largest absolute Gasteiger partial charge is 0.370 e. The molecule has 4 heteroatoms. The zero-order valence-electron chi connectivity index (χ0n) is 11.3. The van der Waals surface area contributed by atoms with E-state index in [4.69, 9.17) is 0 Å². The van der Waals surface area contributed by atoms with Gasteiger partial charge in [-0.25, -0.2) is 9.97 Å². The Labute approximate surface area is 109 Å². The first-order chi connectivity index (χ1) is 8.75. The second-order valence-corrected chi connectivity index (χ2v) is 4.95. The van der Waals surface area contributed by atoms with Gasteiger partial charge in [-0.3, -0.25) is 0 Å². The van der Waals surface area contributed by atoms with E-state index in [1.807, 2.05) is 6.07 Å². The molecule has 0 atom stereocenters. The molecule has 1 aromatic heterocycles. The fourth-order valence-corrected chi connectivity index (χ4v) is 2.12. The SMILES string of the molecule is CC(C)=CCCNc1cc(N2CCCC2)ncn1. The summed E-state index contributed by atoms with van der Waals surface area (Å²) >= 11 is 0. The maximum atomic E-state index is 4.34. The van der Waals surface area contributed by atoms with Gasteiger partial charge in [-0.05, 0) is 33.1 Å². The van der Waals surface area contributed by atoms with Crippen LogP contribution in [0.3, 0.4) is 0 Å². The Morgan fingerprint density at radius 3 is 2.83 bits per heavy atom. The molecule has 18 heavy (non-hydrogen) atoms. The number of hydrogen-bond acceptors (Lipinski definition) is 4. The van der Waals surface area contributed by atoms with Gasteiger partial charge in [-0.2, -0.15) is 0 Å². The van der Waals surface area contributed by atoms with Crippen LogP contribution in [0.25, 0.3) is 0 Å². The Hall–Kier alpha value is -1.58. The maximum Gasteiger partial charge on any atom is 0.134 e. The van der Waals surface area contributed by atoms with Crippen LogP contribution in [0.1, 0.15) is 33.1 Å². The summed E-state index contributed by atoms with van der Waals surface area (Å²) in [7, 11) is 0. The van der Waals surface area contributed by atoms with Crippen LogP contribution < -0.4 is 10.2 Å². The standard InChI is InChI=1S/C14H22N4/c1-12(2)6-5-7-15-13-10-14(17-11-16-13)18-8-3-4-9-18/h6,10-11H,3-5,7-9H2,1-2H3,(H,15,16,17). The first kappa shape index (κ1) is 12.9. The van der Waals surface area contributed by atoms with Crippen molar-refractivity contribution in [1.82, 2.24) is 9.97 Å². The molecule has 0 saturated carbocycles. The summed E-state index contributed by atoms with van der Waals surface area (Å²) in [6.07, 6.45) is 7.46. The molecular formula is C14H22N4. The van der Waals surface area contributed by atoms with E-state index in [2.05, 4.69) is 40.1 Å². The van der Waals surface area contributed by atoms with Gasteiger partial charge in [0.05, 0.1) is 0 Å². The van der Waals surface area contributed by atoms with Crippen LogP contribution in [0.2, 0.25) is 0 Å². The van der Waals surface area contributed by atoms with E-state index in [0.29, 0.717) is 0 Å². The average Bonchev–Trinajstić information content (AvgIpc) is 2.89. The summed E-state index contributed by atoms with van der Waals surface area (Å²) in [6.45, 7) is 7.40. The van der Waals surface area contributed by atoms with Gasteiger partial charge >= 0.3 is 0 Å². The topological polar surface area (TPSA) is 41.0 Å². The molecule has 4 nitrogen and oxygen atoms in total. The van der Waals surface area contributed by atoms with Gasteiger partial charge in [0.15, 0.2) is 0 Å². The molecule has 1 aliphatic heterocycles. The van der Waals surface area contributed by atoms with Crippen LogP contribution in [-0.2, 0) is 0 Å². The molecule has 0 spiro atoms. The normalized spacial score (nSPS) is 14.7. The highest BCUT2D eigenvalue weighted by molar-refractivity contribution is 5.48. The zero-order chi connectivity index (χ0) is 12.8. The molecule has 1 N–H and O–H groups in total. The van der Waals surface area contributed by atoms with Gasteiger partial charge in [0.1, 0.15) is 18.0 Å². The zero-order valence-corrected chi connectivity index (χ0v) is 11.3. The van der Waals surface area contributed by atoms with E-state index in [1.165, 1.54) is 18.4 Å². The molecule has 1 aromatic rings. The van der Waals surface area contributed by atoms with Crippen molar-refractivity contribution in [2.45, 2.75) is 33.1 Å². The van der Waals surface area contributed by atoms with Crippen molar-refractivity contribution in [3.8, 4) is 0 Å². The van der Waals surface area contributed by atoms with Crippen LogP contribution in [0.5, 0.6) is 0 Å². The van der Waals surface area contributed by atoms with Crippen LogP contribution >= 0.6 is 0 Å². The van der Waals surface area contributed by atoms with Crippen molar-refractivity contribution >= 4 is 11.6 Å². The number of hydrogen-bond donors (Lipinski definition) is 1. The molecule has 0 amide bonds. The predicted molar refractivity (Wildman–Crippen MR) is 76.0 cm³/mol. The Morgan fingerprint density at radius 1 is 1.33 bits per heavy atom. The summed E-state index contributed by atoms with van der Waals surface area (Å²) < 4.78 is 0. The Morgan fingerprint density at radius 2 is 2.11 bits per heavy atom. The summed E-state index contributed by atoms with van der Waals surface area (Å²) in [5.74, 6) is 1.97. The van der Waals surface area contributed by atoms with Crippen molar-refractivity contribution in [3.05, 3.63) is 24.0 Å². The van der Waals surface area contributed by atoms with Gasteiger partial charge in [0, 0.05) is 25.7 Å². The van der Waals surface area contributed by atoms with E-state index in [0.717, 1.165) is 37.7 Å². The molecule has 2 heterocycles. The third-order valence-electron chi connectivity index (χ3n) is 3.09. The Kier molecular flexibility index (Phi) is 4.56. The lowest BCUT2D eigenvalue weighted by molar-refractivity contribution is 0.924. The van der Waals surface area contributed by atoms with Crippen molar-refractivity contribution in [1.29, 1.82) is 0 Å². The molecule has 2 rings (SSSR count). The molecule has 98 valence electrons. The highest BCUT2D eigenvalue weighted by Crippen LogP contribution is 2.19. The lowest BCUT2D eigenvalue weighted by Gasteiger charge is -2.16. The van der Waals surface area contributed by atoms with Crippen LogP contribution in [-0.4, -0.2) is 29.6 Å². The molecule has 1 aliphatic rings. The highest BCUT2D eigenvalue weighted by Gasteiger charge is 2.13. The number of aromatic nitrogens is 2. The summed E-state index contributed by atoms with van der Waals surface area (Å²) in [6, 6.07) is 2.05. The second-order valence-electron chi connectivity index (χ2n) is 4.95. The van der Waals surface area contributed by atoms with E-state index in [9.17, 15) is 0 Å². The van der Waals surface area contributed by atoms with Gasteiger partial charge in [0.25, 0.3) is 0 Å². The van der Waals surface area contributed by atoms with Gasteiger partial charge in [-0.1, -0.05) is 11.6 Å². The van der Waals surface area contributed by atoms with Crippen molar-refractivity contribution in [2.75, 3.05) is 29.9 Å². The molecule has 0 aromatic carbocycles. The average molecular weight is 246 g/mol. The molecule has 0 aliphatic carbocycles. The van der Waals surface area contributed by atoms with E-state index in [-0.39, 0.29) is 0 Å². The van der Waals surface area contributed by atoms with Crippen molar-refractivity contribution in [3.63, 3.8) is 0 Å². The molecule has 0 radical (unpaired) electrons. The van der Waals surface area contributed by atoms with Crippen LogP contribution in [0.4, 0.5) is 11.6 Å². The third kappa shape index (κ3) is 3.72. The van der Waals surface area contributed by atoms with Gasteiger partial charge < -0.3 is 10.2 Å². The van der Waals surface area contributed by atoms with E-state index < -0.39 is 0 Å². The number of rotatable bonds is 5. The highest BCUT2D eigenvalue weighted by atomic mass is 15.2. The quantitative estimate of drug-likeness (QED) is 0.640. The molecule has 1 fully saturated rings. The first-order valence-electron chi connectivity index (χ1n) is 6.70. The molecular weight excluding hydrogens is 224 g/mol. The molecule has 1 saturated heterocycles. The van der Waals surface area contributed by atoms with Crippen LogP contribution in [0.15, 0.2) is 24.0 Å². The predicted octanol–water partition coefficient (Wildman–Crippen LogP) is 2.85. The van der Waals surface area contributed by atoms with E-state index >= 15 is 0 Å². The Balaban J connectivity index is 1.88. The van der Waals surface area contributed by atoms with Crippen LogP contribution in [0, 0.1) is 0 Å². The first-order valence-corrected chi connectivity index (χ1v) is 6.70. The van der Waals surface area contributed by atoms with Gasteiger partial charge in [0.2, 0.25) is 0 Å². The summed E-state index contributed by atoms with van der Waals surface area (Å²) in [5.41, 5.74) is 1.36. The second kappa shape index (κ2) is 6.38. The molecule has 0 unspecified atom stereocenters. The maximum absolute atomic E-state index is 4.34. The summed E-state index contributed by atoms with van der Waals surface area (Å²) in [5, 5.41) is 3.34.